The molecule has 0 radical (unpaired) electrons. The van der Waals surface area contributed by atoms with Crippen molar-refractivity contribution in [1.82, 2.24) is 10.2 Å². The molecule has 1 fully saturated rings. The second-order valence-electron chi connectivity index (χ2n) is 8.75. The Morgan fingerprint density at radius 1 is 1.09 bits per heavy atom. The predicted octanol–water partition coefficient (Wildman–Crippen LogP) is 2.77. The van der Waals surface area contributed by atoms with Crippen LogP contribution in [0.2, 0.25) is 0 Å². The van der Waals surface area contributed by atoms with E-state index in [0.29, 0.717) is 36.4 Å². The van der Waals surface area contributed by atoms with Gasteiger partial charge in [0.05, 0.1) is 30.6 Å². The number of anilines is 1. The molecule has 1 saturated heterocycles. The fourth-order valence-corrected chi connectivity index (χ4v) is 4.57. The summed E-state index contributed by atoms with van der Waals surface area (Å²) in [5, 5.41) is 5.68. The smallest absolute Gasteiger partial charge is 0.257 e. The van der Waals surface area contributed by atoms with Gasteiger partial charge in [-0.05, 0) is 43.5 Å². The summed E-state index contributed by atoms with van der Waals surface area (Å²) in [5.41, 5.74) is 1.87. The number of nitrogens with zero attached hydrogens (tertiary/aromatic N) is 1. The van der Waals surface area contributed by atoms with Crippen LogP contribution in [0.15, 0.2) is 48.5 Å². The van der Waals surface area contributed by atoms with Crippen molar-refractivity contribution in [2.75, 3.05) is 25.5 Å². The van der Waals surface area contributed by atoms with Crippen LogP contribution in [0.5, 0.6) is 5.75 Å². The van der Waals surface area contributed by atoms with Gasteiger partial charge in [0, 0.05) is 19.3 Å². The highest BCUT2D eigenvalue weighted by Gasteiger charge is 2.39. The fourth-order valence-electron chi connectivity index (χ4n) is 4.57. The van der Waals surface area contributed by atoms with E-state index in [1.165, 1.54) is 0 Å². The van der Waals surface area contributed by atoms with Crippen molar-refractivity contribution in [3.05, 3.63) is 59.7 Å². The Morgan fingerprint density at radius 3 is 2.65 bits per heavy atom. The minimum absolute atomic E-state index is 0.0330. The highest BCUT2D eigenvalue weighted by atomic mass is 16.5. The van der Waals surface area contributed by atoms with E-state index in [0.717, 1.165) is 12.0 Å². The second-order valence-corrected chi connectivity index (χ2v) is 8.75. The molecule has 8 heteroatoms. The first-order chi connectivity index (χ1) is 16.4. The van der Waals surface area contributed by atoms with Crippen molar-refractivity contribution in [3.63, 3.8) is 0 Å². The van der Waals surface area contributed by atoms with Crippen LogP contribution < -0.4 is 15.4 Å². The Morgan fingerprint density at radius 2 is 1.88 bits per heavy atom. The molecule has 3 atom stereocenters. The number of hydrogen-bond acceptors (Lipinski definition) is 5. The van der Waals surface area contributed by atoms with E-state index in [1.807, 2.05) is 37.3 Å². The quantitative estimate of drug-likeness (QED) is 0.684. The van der Waals surface area contributed by atoms with Gasteiger partial charge in [-0.3, -0.25) is 14.4 Å². The van der Waals surface area contributed by atoms with Crippen LogP contribution in [-0.2, 0) is 20.7 Å². The first-order valence-corrected chi connectivity index (χ1v) is 11.7. The Labute approximate surface area is 199 Å². The van der Waals surface area contributed by atoms with E-state index in [-0.39, 0.29) is 49.0 Å². The van der Waals surface area contributed by atoms with Crippen LogP contribution in [0.25, 0.3) is 0 Å². The number of likely N-dealkylation sites (N-methyl/N-ethyl adjacent to an activating group) is 1. The first kappa shape index (κ1) is 23.8. The molecule has 2 aliphatic heterocycles. The summed E-state index contributed by atoms with van der Waals surface area (Å²) in [6, 6.07) is 14.4. The molecule has 0 aliphatic carbocycles. The van der Waals surface area contributed by atoms with E-state index in [4.69, 9.17) is 9.47 Å². The molecule has 34 heavy (non-hydrogen) atoms. The summed E-state index contributed by atoms with van der Waals surface area (Å²) < 4.78 is 12.2. The van der Waals surface area contributed by atoms with Crippen molar-refractivity contribution in [2.24, 2.45) is 0 Å². The van der Waals surface area contributed by atoms with Gasteiger partial charge in [-0.25, -0.2) is 0 Å². The van der Waals surface area contributed by atoms with Gasteiger partial charge in [0.15, 0.2) is 0 Å². The topological polar surface area (TPSA) is 97.0 Å². The maximum absolute atomic E-state index is 13.3. The maximum Gasteiger partial charge on any atom is 0.257 e. The van der Waals surface area contributed by atoms with Crippen molar-refractivity contribution < 1.29 is 23.9 Å². The number of amides is 3. The minimum Gasteiger partial charge on any atom is -0.490 e. The number of fused-ring (bicyclic) bond motifs is 2. The lowest BCUT2D eigenvalue weighted by atomic mass is 9.94. The van der Waals surface area contributed by atoms with E-state index in [1.54, 1.807) is 30.1 Å². The molecule has 8 nitrogen and oxygen atoms in total. The third-order valence-corrected chi connectivity index (χ3v) is 6.29. The average molecular weight is 466 g/mol. The molecule has 0 aromatic heterocycles. The van der Waals surface area contributed by atoms with Crippen LogP contribution in [-0.4, -0.2) is 61.1 Å². The Kier molecular flexibility index (Phi) is 7.47. The lowest BCUT2D eigenvalue weighted by Crippen LogP contribution is -2.54. The summed E-state index contributed by atoms with van der Waals surface area (Å²) in [6.45, 7) is 2.75. The SMILES string of the molecule is CCNC(=O)C[C@@H]1CC[C@@H]2[C@H](COc3ccc(NC(=O)Cc4ccccc4)cc3C(=O)N2C)O1. The molecule has 2 heterocycles. The number of hydrogen-bond donors (Lipinski definition) is 2. The number of carbonyl (C=O) groups is 3. The molecular weight excluding hydrogens is 434 g/mol. The van der Waals surface area contributed by atoms with Gasteiger partial charge in [0.1, 0.15) is 18.5 Å². The molecule has 2 aromatic carbocycles. The number of ether oxygens (including phenoxy) is 2. The summed E-state index contributed by atoms with van der Waals surface area (Å²) in [4.78, 5) is 39.5. The maximum atomic E-state index is 13.3. The molecule has 0 spiro atoms. The Bertz CT molecular complexity index is 1040. The highest BCUT2D eigenvalue weighted by molar-refractivity contribution is 6.00. The molecular formula is C26H31N3O5. The van der Waals surface area contributed by atoms with Crippen LogP contribution in [0.1, 0.15) is 42.1 Å². The summed E-state index contributed by atoms with van der Waals surface area (Å²) >= 11 is 0. The lowest BCUT2D eigenvalue weighted by Gasteiger charge is -2.42. The van der Waals surface area contributed by atoms with E-state index in [9.17, 15) is 14.4 Å². The molecule has 3 amide bonds. The largest absolute Gasteiger partial charge is 0.490 e. The molecule has 4 rings (SSSR count). The molecule has 2 N–H and O–H groups in total. The van der Waals surface area contributed by atoms with Crippen molar-refractivity contribution in [2.45, 2.75) is 50.9 Å². The van der Waals surface area contributed by atoms with Gasteiger partial charge >= 0.3 is 0 Å². The van der Waals surface area contributed by atoms with E-state index < -0.39 is 0 Å². The van der Waals surface area contributed by atoms with E-state index >= 15 is 0 Å². The number of nitrogens with one attached hydrogen (secondary N) is 2. The highest BCUT2D eigenvalue weighted by Crippen LogP contribution is 2.32. The molecule has 2 aromatic rings. The first-order valence-electron chi connectivity index (χ1n) is 11.7. The van der Waals surface area contributed by atoms with Gasteiger partial charge in [-0.15, -0.1) is 0 Å². The molecule has 2 aliphatic rings. The normalized spacial score (nSPS) is 21.9. The zero-order chi connectivity index (χ0) is 24.1. The number of benzene rings is 2. The zero-order valence-corrected chi connectivity index (χ0v) is 19.6. The van der Waals surface area contributed by atoms with Gasteiger partial charge in [0.2, 0.25) is 11.8 Å². The van der Waals surface area contributed by atoms with Gasteiger partial charge in [-0.2, -0.15) is 0 Å². The van der Waals surface area contributed by atoms with Crippen molar-refractivity contribution in [1.29, 1.82) is 0 Å². The minimum atomic E-state index is -0.319. The number of rotatable bonds is 6. The van der Waals surface area contributed by atoms with Crippen LogP contribution in [0.3, 0.4) is 0 Å². The Hall–Kier alpha value is -3.39. The van der Waals surface area contributed by atoms with Crippen LogP contribution >= 0.6 is 0 Å². The predicted molar refractivity (Wildman–Crippen MR) is 128 cm³/mol. The third-order valence-electron chi connectivity index (χ3n) is 6.29. The third kappa shape index (κ3) is 5.56. The Balaban J connectivity index is 1.45. The standard InChI is InChI=1S/C26H31N3O5/c1-3-27-24(30)15-19-10-11-21-23(34-19)16-33-22-12-9-18(14-20(22)26(32)29(21)2)28-25(31)13-17-7-5-4-6-8-17/h4-9,12,14,19,21,23H,3,10-11,13,15-16H2,1-2H3,(H,27,30)(H,28,31)/t19-,21+,23-/m0/s1. The van der Waals surface area contributed by atoms with Gasteiger partial charge in [0.25, 0.3) is 5.91 Å². The van der Waals surface area contributed by atoms with Gasteiger partial charge in [-0.1, -0.05) is 30.3 Å². The van der Waals surface area contributed by atoms with Crippen molar-refractivity contribution >= 4 is 23.4 Å². The summed E-state index contributed by atoms with van der Waals surface area (Å²) in [7, 11) is 1.77. The number of carbonyl (C=O) groups excluding carboxylic acids is 3. The lowest BCUT2D eigenvalue weighted by molar-refractivity contribution is -0.134. The second kappa shape index (κ2) is 10.7. The van der Waals surface area contributed by atoms with Crippen LogP contribution in [0, 0.1) is 0 Å². The molecule has 0 bridgehead atoms. The zero-order valence-electron chi connectivity index (χ0n) is 19.6. The average Bonchev–Trinajstić information content (AvgIpc) is 2.82. The van der Waals surface area contributed by atoms with Crippen molar-refractivity contribution in [3.8, 4) is 5.75 Å². The summed E-state index contributed by atoms with van der Waals surface area (Å²) in [5.74, 6) is 0.0763. The molecule has 0 unspecified atom stereocenters. The summed E-state index contributed by atoms with van der Waals surface area (Å²) in [6.07, 6.45) is 1.46. The van der Waals surface area contributed by atoms with Gasteiger partial charge < -0.3 is 25.0 Å². The molecule has 0 saturated carbocycles. The fraction of sp³-hybridized carbons (Fsp3) is 0.423. The molecule has 180 valence electrons. The van der Waals surface area contributed by atoms with Crippen LogP contribution in [0.4, 0.5) is 5.69 Å². The van der Waals surface area contributed by atoms with E-state index in [2.05, 4.69) is 10.6 Å². The monoisotopic (exact) mass is 465 g/mol.